The molecule has 20 heavy (non-hydrogen) atoms. The number of rotatable bonds is 3. The summed E-state index contributed by atoms with van der Waals surface area (Å²) in [5.74, 6) is -1.55. The van der Waals surface area contributed by atoms with Crippen molar-refractivity contribution >= 4 is 31.9 Å². The molecule has 3 unspecified atom stereocenters. The Bertz CT molecular complexity index is 653. The SMILES string of the molecule is Cn1nnc(Br)c1S(=O)(=O)N1C2CCC1C(C(=O)O)C2. The largest absolute Gasteiger partial charge is 0.481 e. The number of fused-ring (bicyclic) bond motifs is 2. The van der Waals surface area contributed by atoms with Crippen LogP contribution in [0.1, 0.15) is 19.3 Å². The Morgan fingerprint density at radius 1 is 1.45 bits per heavy atom. The van der Waals surface area contributed by atoms with Gasteiger partial charge in [-0.2, -0.15) is 4.31 Å². The van der Waals surface area contributed by atoms with Crippen molar-refractivity contribution in [1.29, 1.82) is 0 Å². The Hall–Kier alpha value is -1.00. The Morgan fingerprint density at radius 3 is 2.65 bits per heavy atom. The van der Waals surface area contributed by atoms with Crippen molar-refractivity contribution in [3.8, 4) is 0 Å². The van der Waals surface area contributed by atoms with E-state index in [-0.39, 0.29) is 15.7 Å². The van der Waals surface area contributed by atoms with Gasteiger partial charge in [0.05, 0.1) is 5.92 Å². The number of hydrogen-bond donors (Lipinski definition) is 1. The van der Waals surface area contributed by atoms with Crippen LogP contribution in [0.4, 0.5) is 0 Å². The molecule has 1 aromatic rings. The normalized spacial score (nSPS) is 30.0. The number of aromatic nitrogens is 3. The molecule has 0 saturated carbocycles. The molecule has 3 heterocycles. The molecule has 8 nitrogen and oxygen atoms in total. The maximum Gasteiger partial charge on any atom is 0.308 e. The summed E-state index contributed by atoms with van der Waals surface area (Å²) >= 11 is 3.09. The summed E-state index contributed by atoms with van der Waals surface area (Å²) in [6.07, 6.45) is 1.67. The van der Waals surface area contributed by atoms with Gasteiger partial charge in [0, 0.05) is 19.1 Å². The van der Waals surface area contributed by atoms with Gasteiger partial charge in [-0.3, -0.25) is 4.79 Å². The highest BCUT2D eigenvalue weighted by atomic mass is 79.9. The van der Waals surface area contributed by atoms with Gasteiger partial charge in [-0.25, -0.2) is 13.1 Å². The van der Waals surface area contributed by atoms with E-state index < -0.39 is 28.0 Å². The number of aliphatic carboxylic acids is 1. The summed E-state index contributed by atoms with van der Waals surface area (Å²) in [7, 11) is -2.30. The van der Waals surface area contributed by atoms with Gasteiger partial charge in [0.2, 0.25) is 5.03 Å². The number of carbonyl (C=O) groups is 1. The molecule has 2 bridgehead atoms. The van der Waals surface area contributed by atoms with Gasteiger partial charge in [-0.05, 0) is 35.2 Å². The van der Waals surface area contributed by atoms with Gasteiger partial charge >= 0.3 is 5.97 Å². The number of aryl methyl sites for hydroxylation is 1. The quantitative estimate of drug-likeness (QED) is 0.821. The fourth-order valence-corrected chi connectivity index (χ4v) is 6.23. The van der Waals surface area contributed by atoms with E-state index >= 15 is 0 Å². The average Bonchev–Trinajstić information content (AvgIpc) is 3.02. The first-order valence-electron chi connectivity index (χ1n) is 6.15. The van der Waals surface area contributed by atoms with Gasteiger partial charge in [0.15, 0.2) is 4.60 Å². The first kappa shape index (κ1) is 14.0. The Labute approximate surface area is 123 Å². The van der Waals surface area contributed by atoms with Crippen molar-refractivity contribution in [2.24, 2.45) is 13.0 Å². The zero-order valence-electron chi connectivity index (χ0n) is 10.6. The van der Waals surface area contributed by atoms with E-state index in [9.17, 15) is 18.3 Å². The third kappa shape index (κ3) is 1.81. The molecule has 0 radical (unpaired) electrons. The molecular weight excluding hydrogens is 352 g/mol. The van der Waals surface area contributed by atoms with E-state index in [1.165, 1.54) is 16.0 Å². The van der Waals surface area contributed by atoms with Crippen LogP contribution in [0.3, 0.4) is 0 Å². The third-order valence-electron chi connectivity index (χ3n) is 4.05. The van der Waals surface area contributed by atoms with Crippen molar-refractivity contribution in [3.63, 3.8) is 0 Å². The molecule has 10 heteroatoms. The van der Waals surface area contributed by atoms with E-state index in [0.717, 1.165) is 0 Å². The standard InChI is InChI=1S/C10H13BrN4O4S/c1-14-9(8(11)12-13-14)20(18,19)15-5-2-3-7(15)6(4-5)10(16)17/h5-7H,2-4H2,1H3,(H,16,17). The van der Waals surface area contributed by atoms with Crippen LogP contribution in [0.25, 0.3) is 0 Å². The first-order valence-corrected chi connectivity index (χ1v) is 8.39. The lowest BCUT2D eigenvalue weighted by Crippen LogP contribution is -2.38. The maximum atomic E-state index is 12.8. The molecule has 3 rings (SSSR count). The summed E-state index contributed by atoms with van der Waals surface area (Å²) in [6, 6.07) is -0.711. The molecule has 110 valence electrons. The monoisotopic (exact) mass is 364 g/mol. The molecule has 1 N–H and O–H groups in total. The van der Waals surface area contributed by atoms with E-state index in [4.69, 9.17) is 0 Å². The van der Waals surface area contributed by atoms with Crippen LogP contribution in [0.15, 0.2) is 9.63 Å². The Morgan fingerprint density at radius 2 is 2.15 bits per heavy atom. The highest BCUT2D eigenvalue weighted by molar-refractivity contribution is 9.10. The number of nitrogens with zero attached hydrogens (tertiary/aromatic N) is 4. The number of sulfonamides is 1. The summed E-state index contributed by atoms with van der Waals surface area (Å²) in [4.78, 5) is 11.2. The summed E-state index contributed by atoms with van der Waals surface area (Å²) in [6.45, 7) is 0. The van der Waals surface area contributed by atoms with E-state index in [1.54, 1.807) is 0 Å². The van der Waals surface area contributed by atoms with Gasteiger partial charge in [0.1, 0.15) is 0 Å². The molecule has 2 aliphatic rings. The molecule has 2 saturated heterocycles. The van der Waals surface area contributed by atoms with Crippen molar-refractivity contribution in [3.05, 3.63) is 4.60 Å². The van der Waals surface area contributed by atoms with Crippen LogP contribution in [0.2, 0.25) is 0 Å². The summed E-state index contributed by atoms with van der Waals surface area (Å²) < 4.78 is 28.2. The number of hydrogen-bond acceptors (Lipinski definition) is 5. The number of halogens is 1. The molecular formula is C10H13BrN4O4S. The maximum absolute atomic E-state index is 12.8. The van der Waals surface area contributed by atoms with Crippen LogP contribution < -0.4 is 0 Å². The summed E-state index contributed by atoms with van der Waals surface area (Å²) in [5, 5.41) is 16.5. The van der Waals surface area contributed by atoms with Gasteiger partial charge < -0.3 is 5.11 Å². The lowest BCUT2D eigenvalue weighted by Gasteiger charge is -2.22. The third-order valence-corrected chi connectivity index (χ3v) is 6.92. The Balaban J connectivity index is 2.04. The highest BCUT2D eigenvalue weighted by Crippen LogP contribution is 2.45. The minimum Gasteiger partial charge on any atom is -0.481 e. The molecule has 2 fully saturated rings. The second-order valence-corrected chi connectivity index (χ2v) is 7.63. The fourth-order valence-electron chi connectivity index (χ4n) is 3.28. The highest BCUT2D eigenvalue weighted by Gasteiger charge is 2.55. The van der Waals surface area contributed by atoms with Crippen molar-refractivity contribution in [2.75, 3.05) is 0 Å². The first-order chi connectivity index (χ1) is 9.34. The lowest BCUT2D eigenvalue weighted by molar-refractivity contribution is -0.142. The fraction of sp³-hybridized carbons (Fsp3) is 0.700. The van der Waals surface area contributed by atoms with Gasteiger partial charge in [-0.1, -0.05) is 5.21 Å². The van der Waals surface area contributed by atoms with E-state index in [1.807, 2.05) is 0 Å². The molecule has 0 amide bonds. The predicted octanol–water partition coefficient (Wildman–Crippen LogP) is 0.204. The lowest BCUT2D eigenvalue weighted by atomic mass is 9.89. The van der Waals surface area contributed by atoms with Crippen LogP contribution in [-0.2, 0) is 21.9 Å². The zero-order valence-corrected chi connectivity index (χ0v) is 13.0. The van der Waals surface area contributed by atoms with Crippen LogP contribution in [-0.4, -0.2) is 50.9 Å². The minimum atomic E-state index is -3.80. The minimum absolute atomic E-state index is 0.0274. The van der Waals surface area contributed by atoms with Crippen molar-refractivity contribution in [2.45, 2.75) is 36.4 Å². The average molecular weight is 365 g/mol. The molecule has 2 aliphatic heterocycles. The smallest absolute Gasteiger partial charge is 0.308 e. The van der Waals surface area contributed by atoms with Crippen LogP contribution in [0, 0.1) is 5.92 Å². The van der Waals surface area contributed by atoms with Crippen LogP contribution >= 0.6 is 15.9 Å². The zero-order chi connectivity index (χ0) is 14.7. The molecule has 0 spiro atoms. The molecule has 3 atom stereocenters. The van der Waals surface area contributed by atoms with Gasteiger partial charge in [0.25, 0.3) is 10.0 Å². The topological polar surface area (TPSA) is 105 Å². The molecule has 0 aromatic carbocycles. The van der Waals surface area contributed by atoms with E-state index in [2.05, 4.69) is 26.2 Å². The molecule has 1 aromatic heterocycles. The molecule has 0 aliphatic carbocycles. The predicted molar refractivity (Wildman–Crippen MR) is 70.3 cm³/mol. The Kier molecular flexibility index (Phi) is 3.14. The second kappa shape index (κ2) is 4.50. The van der Waals surface area contributed by atoms with Crippen molar-refractivity contribution < 1.29 is 18.3 Å². The van der Waals surface area contributed by atoms with Crippen LogP contribution in [0.5, 0.6) is 0 Å². The number of carboxylic acids is 1. The second-order valence-electron chi connectivity index (χ2n) is 5.12. The number of carboxylic acid groups (broad SMARTS) is 1. The summed E-state index contributed by atoms with van der Waals surface area (Å²) in [5.41, 5.74) is 0. The van der Waals surface area contributed by atoms with E-state index in [0.29, 0.717) is 19.3 Å². The van der Waals surface area contributed by atoms with Gasteiger partial charge in [-0.15, -0.1) is 5.10 Å². The van der Waals surface area contributed by atoms with Crippen molar-refractivity contribution in [1.82, 2.24) is 19.3 Å².